The van der Waals surface area contributed by atoms with E-state index in [1.807, 2.05) is 43.3 Å². The lowest BCUT2D eigenvalue weighted by atomic mass is 10.3. The Labute approximate surface area is 123 Å². The summed E-state index contributed by atoms with van der Waals surface area (Å²) in [6.45, 7) is 1.95. The first-order valence-corrected chi connectivity index (χ1v) is 7.65. The van der Waals surface area contributed by atoms with Crippen molar-refractivity contribution in [2.24, 2.45) is 5.10 Å². The van der Waals surface area contributed by atoms with Gasteiger partial charge in [-0.15, -0.1) is 11.3 Å². The first-order valence-electron chi connectivity index (χ1n) is 5.64. The van der Waals surface area contributed by atoms with Crippen LogP contribution in [0.1, 0.15) is 11.8 Å². The molecule has 3 nitrogen and oxygen atoms in total. The van der Waals surface area contributed by atoms with E-state index in [0.29, 0.717) is 0 Å². The molecule has 0 fully saturated rings. The van der Waals surface area contributed by atoms with Crippen molar-refractivity contribution >= 4 is 55.3 Å². The number of thiophene rings is 1. The largest absolute Gasteiger partial charge is 0.252 e. The fourth-order valence-corrected chi connectivity index (χ4v) is 3.41. The van der Waals surface area contributed by atoms with Crippen LogP contribution in [0.5, 0.6) is 0 Å². The summed E-state index contributed by atoms with van der Waals surface area (Å²) in [5.74, 6) is 0. The minimum absolute atomic E-state index is 0.768. The summed E-state index contributed by atoms with van der Waals surface area (Å²) in [5.41, 5.74) is 4.89. The van der Waals surface area contributed by atoms with Crippen molar-refractivity contribution in [3.05, 3.63) is 45.6 Å². The van der Waals surface area contributed by atoms with Gasteiger partial charge in [-0.3, -0.25) is 5.43 Å². The maximum atomic E-state index is 5.91. The number of hydrazone groups is 1. The molecule has 0 bridgehead atoms. The summed E-state index contributed by atoms with van der Waals surface area (Å²) in [4.78, 5) is 5.52. The lowest BCUT2D eigenvalue weighted by Gasteiger charge is -1.96. The van der Waals surface area contributed by atoms with Gasteiger partial charge in [0.1, 0.15) is 0 Å². The van der Waals surface area contributed by atoms with Crippen molar-refractivity contribution in [3.8, 4) is 0 Å². The first-order chi connectivity index (χ1) is 9.22. The molecule has 1 aromatic carbocycles. The monoisotopic (exact) mass is 307 g/mol. The highest BCUT2D eigenvalue weighted by Crippen LogP contribution is 2.26. The molecule has 0 spiro atoms. The van der Waals surface area contributed by atoms with Crippen LogP contribution >= 0.6 is 34.3 Å². The Bertz CT molecular complexity index is 712. The third kappa shape index (κ3) is 2.78. The molecular weight excluding hydrogens is 298 g/mol. The lowest BCUT2D eigenvalue weighted by Crippen LogP contribution is -1.96. The Hall–Kier alpha value is -1.43. The third-order valence-corrected chi connectivity index (χ3v) is 4.82. The van der Waals surface area contributed by atoms with Crippen LogP contribution < -0.4 is 5.43 Å². The van der Waals surface area contributed by atoms with E-state index in [9.17, 15) is 0 Å². The second kappa shape index (κ2) is 5.28. The van der Waals surface area contributed by atoms with Gasteiger partial charge in [-0.05, 0) is 31.2 Å². The van der Waals surface area contributed by atoms with Gasteiger partial charge >= 0.3 is 0 Å². The van der Waals surface area contributed by atoms with Gasteiger partial charge in [-0.2, -0.15) is 5.10 Å². The number of para-hydroxylation sites is 1. The van der Waals surface area contributed by atoms with Crippen LogP contribution in [0.15, 0.2) is 41.5 Å². The number of fused-ring (bicyclic) bond motifs is 1. The minimum Gasteiger partial charge on any atom is -0.252 e. The molecule has 0 atom stereocenters. The average molecular weight is 308 g/mol. The van der Waals surface area contributed by atoms with Crippen molar-refractivity contribution in [2.45, 2.75) is 6.92 Å². The first kappa shape index (κ1) is 12.6. The molecule has 0 aliphatic rings. The summed E-state index contributed by atoms with van der Waals surface area (Å²) >= 11 is 9.01. The molecule has 0 saturated carbocycles. The van der Waals surface area contributed by atoms with Gasteiger partial charge in [0, 0.05) is 0 Å². The number of aromatic nitrogens is 1. The van der Waals surface area contributed by atoms with Crippen LogP contribution in [0.3, 0.4) is 0 Å². The molecular formula is C13H10ClN3S2. The molecule has 3 aromatic rings. The van der Waals surface area contributed by atoms with Crippen LogP contribution in [0.2, 0.25) is 4.34 Å². The van der Waals surface area contributed by atoms with E-state index >= 15 is 0 Å². The minimum atomic E-state index is 0.768. The molecule has 19 heavy (non-hydrogen) atoms. The molecule has 0 radical (unpaired) electrons. The number of rotatable bonds is 3. The molecule has 0 aliphatic carbocycles. The van der Waals surface area contributed by atoms with Gasteiger partial charge in [0.2, 0.25) is 5.13 Å². The normalized spacial score (nSPS) is 12.0. The van der Waals surface area contributed by atoms with E-state index in [0.717, 1.165) is 30.3 Å². The predicted molar refractivity (Wildman–Crippen MR) is 84.8 cm³/mol. The number of hydrogen-bond acceptors (Lipinski definition) is 5. The SMILES string of the molecule is CC(=NNc1nc2ccccc2s1)c1ccc(Cl)s1. The molecule has 0 unspecified atom stereocenters. The predicted octanol–water partition coefficient (Wildman–Crippen LogP) is 4.85. The fraction of sp³-hybridized carbons (Fsp3) is 0.0769. The maximum absolute atomic E-state index is 5.91. The van der Waals surface area contributed by atoms with Crippen LogP contribution in [-0.4, -0.2) is 10.7 Å². The summed E-state index contributed by atoms with van der Waals surface area (Å²) in [5, 5.41) is 5.13. The Balaban J connectivity index is 1.81. The third-order valence-electron chi connectivity index (χ3n) is 2.54. The zero-order valence-corrected chi connectivity index (χ0v) is 12.4. The van der Waals surface area contributed by atoms with Crippen molar-refractivity contribution < 1.29 is 0 Å². The molecule has 1 N–H and O–H groups in total. The summed E-state index contributed by atoms with van der Waals surface area (Å²) in [6, 6.07) is 11.9. The number of nitrogens with one attached hydrogen (secondary N) is 1. The highest BCUT2D eigenvalue weighted by Gasteiger charge is 2.04. The molecule has 0 saturated heterocycles. The van der Waals surface area contributed by atoms with Crippen molar-refractivity contribution in [1.82, 2.24) is 4.98 Å². The zero-order chi connectivity index (χ0) is 13.2. The topological polar surface area (TPSA) is 37.3 Å². The van der Waals surface area contributed by atoms with Crippen LogP contribution in [0, 0.1) is 0 Å². The van der Waals surface area contributed by atoms with Gasteiger partial charge in [0.05, 0.1) is 25.1 Å². The molecule has 6 heteroatoms. The van der Waals surface area contributed by atoms with E-state index in [2.05, 4.69) is 15.5 Å². The number of thiazole rings is 1. The second-order valence-corrected chi connectivity index (χ2v) is 6.65. The van der Waals surface area contributed by atoms with Gasteiger partial charge < -0.3 is 0 Å². The Morgan fingerprint density at radius 3 is 2.79 bits per heavy atom. The van der Waals surface area contributed by atoms with E-state index in [4.69, 9.17) is 11.6 Å². The lowest BCUT2D eigenvalue weighted by molar-refractivity contribution is 1.29. The van der Waals surface area contributed by atoms with E-state index < -0.39 is 0 Å². The quantitative estimate of drug-likeness (QED) is 0.555. The number of hydrogen-bond donors (Lipinski definition) is 1. The fourth-order valence-electron chi connectivity index (χ4n) is 1.62. The number of benzene rings is 1. The summed E-state index contributed by atoms with van der Waals surface area (Å²) in [6.07, 6.45) is 0. The average Bonchev–Trinajstić information content (AvgIpc) is 3.01. The Morgan fingerprint density at radius 2 is 2.05 bits per heavy atom. The van der Waals surface area contributed by atoms with Crippen LogP contribution in [-0.2, 0) is 0 Å². The van der Waals surface area contributed by atoms with Crippen molar-refractivity contribution in [2.75, 3.05) is 5.43 Å². The highest BCUT2D eigenvalue weighted by atomic mass is 35.5. The molecule has 96 valence electrons. The maximum Gasteiger partial charge on any atom is 0.204 e. The number of anilines is 1. The van der Waals surface area contributed by atoms with Gasteiger partial charge in [-0.1, -0.05) is 35.1 Å². The van der Waals surface area contributed by atoms with E-state index in [1.165, 1.54) is 11.3 Å². The van der Waals surface area contributed by atoms with Gasteiger partial charge in [0.25, 0.3) is 0 Å². The van der Waals surface area contributed by atoms with E-state index in [1.54, 1.807) is 11.3 Å². The number of nitrogens with zero attached hydrogens (tertiary/aromatic N) is 2. The molecule has 3 rings (SSSR count). The molecule has 2 heterocycles. The molecule has 0 amide bonds. The Morgan fingerprint density at radius 1 is 1.21 bits per heavy atom. The summed E-state index contributed by atoms with van der Waals surface area (Å²) < 4.78 is 1.92. The molecule has 2 aromatic heterocycles. The zero-order valence-electron chi connectivity index (χ0n) is 10.1. The standard InChI is InChI=1S/C13H10ClN3S2/c1-8(10-6-7-12(14)18-10)16-17-13-15-9-4-2-3-5-11(9)19-13/h2-7H,1H3,(H,15,17). The Kier molecular flexibility index (Phi) is 3.50. The van der Waals surface area contributed by atoms with Crippen LogP contribution in [0.4, 0.5) is 5.13 Å². The van der Waals surface area contributed by atoms with Crippen molar-refractivity contribution in [3.63, 3.8) is 0 Å². The van der Waals surface area contributed by atoms with Crippen LogP contribution in [0.25, 0.3) is 10.2 Å². The van der Waals surface area contributed by atoms with Gasteiger partial charge in [0.15, 0.2) is 0 Å². The smallest absolute Gasteiger partial charge is 0.204 e. The second-order valence-electron chi connectivity index (χ2n) is 3.90. The number of halogens is 1. The highest BCUT2D eigenvalue weighted by molar-refractivity contribution is 7.22. The van der Waals surface area contributed by atoms with Crippen molar-refractivity contribution in [1.29, 1.82) is 0 Å². The van der Waals surface area contributed by atoms with Gasteiger partial charge in [-0.25, -0.2) is 4.98 Å². The molecule has 0 aliphatic heterocycles. The summed E-state index contributed by atoms with van der Waals surface area (Å²) in [7, 11) is 0. The van der Waals surface area contributed by atoms with E-state index in [-0.39, 0.29) is 0 Å².